The van der Waals surface area contributed by atoms with Crippen LogP contribution in [0.25, 0.3) is 44.5 Å². The van der Waals surface area contributed by atoms with E-state index >= 15 is 0 Å². The Labute approximate surface area is 195 Å². The molecule has 156 valence electrons. The van der Waals surface area contributed by atoms with Gasteiger partial charge in [-0.15, -0.1) is 0 Å². The first-order valence-electron chi connectivity index (χ1n) is 11.1. The van der Waals surface area contributed by atoms with E-state index in [1.165, 1.54) is 38.9 Å². The van der Waals surface area contributed by atoms with Gasteiger partial charge in [-0.05, 0) is 75.7 Å². The second kappa shape index (κ2) is 8.99. The third-order valence-electron chi connectivity index (χ3n) is 6.01. The van der Waals surface area contributed by atoms with Gasteiger partial charge in [0.1, 0.15) is 0 Å². The lowest BCUT2D eigenvalue weighted by atomic mass is 9.85. The zero-order valence-electron chi connectivity index (χ0n) is 18.5. The highest BCUT2D eigenvalue weighted by Gasteiger charge is 2.16. The SMILES string of the molecule is Cc1ccc(-c2cc(-c3ccccc3)c(-c3ccc(C#N)cc3)cc2-c2ccccc2)cc1. The van der Waals surface area contributed by atoms with Crippen molar-refractivity contribution < 1.29 is 0 Å². The number of nitrogens with zero attached hydrogens (tertiary/aromatic N) is 1. The molecule has 0 aliphatic carbocycles. The van der Waals surface area contributed by atoms with Crippen LogP contribution in [0.15, 0.2) is 121 Å². The maximum atomic E-state index is 9.26. The van der Waals surface area contributed by atoms with Gasteiger partial charge in [-0.3, -0.25) is 0 Å². The largest absolute Gasteiger partial charge is 0.192 e. The molecule has 0 unspecified atom stereocenters. The van der Waals surface area contributed by atoms with Gasteiger partial charge in [-0.1, -0.05) is 103 Å². The topological polar surface area (TPSA) is 23.8 Å². The molecule has 5 aromatic rings. The van der Waals surface area contributed by atoms with E-state index < -0.39 is 0 Å². The Bertz CT molecular complexity index is 1420. The smallest absolute Gasteiger partial charge is 0.0991 e. The van der Waals surface area contributed by atoms with E-state index in [9.17, 15) is 5.26 Å². The maximum absolute atomic E-state index is 9.26. The minimum atomic E-state index is 0.666. The fraction of sp³-hybridized carbons (Fsp3) is 0.0312. The molecule has 0 amide bonds. The molecule has 0 aliphatic rings. The molecule has 0 atom stereocenters. The fourth-order valence-electron chi connectivity index (χ4n) is 4.25. The molecule has 0 saturated heterocycles. The molecule has 0 aliphatic heterocycles. The molecule has 33 heavy (non-hydrogen) atoms. The van der Waals surface area contributed by atoms with Crippen LogP contribution in [-0.2, 0) is 0 Å². The number of benzene rings is 5. The van der Waals surface area contributed by atoms with Gasteiger partial charge in [0, 0.05) is 0 Å². The van der Waals surface area contributed by atoms with Crippen molar-refractivity contribution in [3.8, 4) is 50.6 Å². The molecule has 0 heterocycles. The van der Waals surface area contributed by atoms with Gasteiger partial charge in [0.05, 0.1) is 11.6 Å². The average Bonchev–Trinajstić information content (AvgIpc) is 2.89. The Balaban J connectivity index is 1.82. The van der Waals surface area contributed by atoms with Crippen molar-refractivity contribution in [2.24, 2.45) is 0 Å². The number of rotatable bonds is 4. The van der Waals surface area contributed by atoms with Crippen LogP contribution in [0.4, 0.5) is 0 Å². The van der Waals surface area contributed by atoms with Crippen molar-refractivity contribution in [1.29, 1.82) is 5.26 Å². The highest BCUT2D eigenvalue weighted by Crippen LogP contribution is 2.42. The monoisotopic (exact) mass is 421 g/mol. The van der Waals surface area contributed by atoms with Crippen LogP contribution in [0.1, 0.15) is 11.1 Å². The first kappa shape index (κ1) is 20.5. The van der Waals surface area contributed by atoms with Gasteiger partial charge in [0.15, 0.2) is 0 Å². The van der Waals surface area contributed by atoms with Crippen molar-refractivity contribution in [3.63, 3.8) is 0 Å². The molecule has 0 N–H and O–H groups in total. The standard InChI is InChI=1S/C32H23N/c1-23-12-16-27(17-13-23)31-20-30(26-10-6-3-7-11-26)32(28-18-14-24(22-33)15-19-28)21-29(31)25-8-4-2-5-9-25/h2-21H,1H3. The van der Waals surface area contributed by atoms with Gasteiger partial charge in [0.25, 0.3) is 0 Å². The van der Waals surface area contributed by atoms with Crippen molar-refractivity contribution in [1.82, 2.24) is 0 Å². The Morgan fingerprint density at radius 3 is 1.21 bits per heavy atom. The highest BCUT2D eigenvalue weighted by molar-refractivity contribution is 5.95. The summed E-state index contributed by atoms with van der Waals surface area (Å²) in [6.07, 6.45) is 0. The normalized spacial score (nSPS) is 10.5. The first-order chi connectivity index (χ1) is 16.2. The van der Waals surface area contributed by atoms with Gasteiger partial charge in [-0.25, -0.2) is 0 Å². The summed E-state index contributed by atoms with van der Waals surface area (Å²) in [5.74, 6) is 0. The van der Waals surface area contributed by atoms with Crippen LogP contribution < -0.4 is 0 Å². The Kier molecular flexibility index (Phi) is 5.58. The van der Waals surface area contributed by atoms with Crippen molar-refractivity contribution >= 4 is 0 Å². The zero-order valence-corrected chi connectivity index (χ0v) is 18.5. The number of hydrogen-bond acceptors (Lipinski definition) is 1. The third-order valence-corrected chi connectivity index (χ3v) is 6.01. The van der Waals surface area contributed by atoms with Crippen LogP contribution in [0.5, 0.6) is 0 Å². The molecule has 5 aromatic carbocycles. The van der Waals surface area contributed by atoms with E-state index in [0.29, 0.717) is 5.56 Å². The molecular weight excluding hydrogens is 398 g/mol. The van der Waals surface area contributed by atoms with E-state index in [0.717, 1.165) is 11.1 Å². The lowest BCUT2D eigenvalue weighted by molar-refractivity contribution is 1.46. The fourth-order valence-corrected chi connectivity index (χ4v) is 4.25. The minimum absolute atomic E-state index is 0.666. The molecular formula is C32H23N. The quantitative estimate of drug-likeness (QED) is 0.285. The first-order valence-corrected chi connectivity index (χ1v) is 11.1. The zero-order chi connectivity index (χ0) is 22.6. The van der Waals surface area contributed by atoms with E-state index in [1.807, 2.05) is 30.3 Å². The minimum Gasteiger partial charge on any atom is -0.192 e. The lowest BCUT2D eigenvalue weighted by Gasteiger charge is -2.18. The summed E-state index contributed by atoms with van der Waals surface area (Å²) in [6.45, 7) is 2.12. The summed E-state index contributed by atoms with van der Waals surface area (Å²) in [5.41, 5.74) is 11.3. The maximum Gasteiger partial charge on any atom is 0.0991 e. The molecule has 0 saturated carbocycles. The van der Waals surface area contributed by atoms with Crippen LogP contribution in [0.2, 0.25) is 0 Å². The molecule has 0 bridgehead atoms. The van der Waals surface area contributed by atoms with Crippen molar-refractivity contribution in [2.45, 2.75) is 6.92 Å². The Hall–Kier alpha value is -4.41. The molecule has 0 aromatic heterocycles. The summed E-state index contributed by atoms with van der Waals surface area (Å²) in [6, 6.07) is 44.5. The summed E-state index contributed by atoms with van der Waals surface area (Å²) in [7, 11) is 0. The Morgan fingerprint density at radius 1 is 0.455 bits per heavy atom. The van der Waals surface area contributed by atoms with E-state index in [-0.39, 0.29) is 0 Å². The van der Waals surface area contributed by atoms with Gasteiger partial charge in [0.2, 0.25) is 0 Å². The summed E-state index contributed by atoms with van der Waals surface area (Å²) < 4.78 is 0. The van der Waals surface area contributed by atoms with Gasteiger partial charge < -0.3 is 0 Å². The van der Waals surface area contributed by atoms with E-state index in [1.54, 1.807) is 0 Å². The predicted molar refractivity (Wildman–Crippen MR) is 138 cm³/mol. The van der Waals surface area contributed by atoms with Crippen LogP contribution >= 0.6 is 0 Å². The summed E-state index contributed by atoms with van der Waals surface area (Å²) >= 11 is 0. The second-order valence-corrected chi connectivity index (χ2v) is 8.23. The molecule has 5 rings (SSSR count). The average molecular weight is 422 g/mol. The van der Waals surface area contributed by atoms with Gasteiger partial charge >= 0.3 is 0 Å². The van der Waals surface area contributed by atoms with Crippen LogP contribution in [-0.4, -0.2) is 0 Å². The summed E-state index contributed by atoms with van der Waals surface area (Å²) in [5, 5.41) is 9.26. The van der Waals surface area contributed by atoms with E-state index in [2.05, 4.69) is 104 Å². The Morgan fingerprint density at radius 2 is 0.818 bits per heavy atom. The van der Waals surface area contributed by atoms with Crippen LogP contribution in [0.3, 0.4) is 0 Å². The highest BCUT2D eigenvalue weighted by atomic mass is 14.2. The van der Waals surface area contributed by atoms with Crippen molar-refractivity contribution in [3.05, 3.63) is 132 Å². The van der Waals surface area contributed by atoms with Gasteiger partial charge in [-0.2, -0.15) is 5.26 Å². The number of hydrogen-bond donors (Lipinski definition) is 0. The number of nitriles is 1. The summed E-state index contributed by atoms with van der Waals surface area (Å²) in [4.78, 5) is 0. The van der Waals surface area contributed by atoms with Crippen LogP contribution in [0, 0.1) is 18.3 Å². The number of aryl methyl sites for hydroxylation is 1. The van der Waals surface area contributed by atoms with Crippen molar-refractivity contribution in [2.75, 3.05) is 0 Å². The third kappa shape index (κ3) is 4.20. The molecule has 0 radical (unpaired) electrons. The second-order valence-electron chi connectivity index (χ2n) is 8.23. The predicted octanol–water partition coefficient (Wildman–Crippen LogP) is 8.53. The molecule has 0 fully saturated rings. The molecule has 1 nitrogen and oxygen atoms in total. The lowest BCUT2D eigenvalue weighted by Crippen LogP contribution is -1.92. The molecule has 0 spiro atoms. The molecule has 1 heteroatoms. The van der Waals surface area contributed by atoms with E-state index in [4.69, 9.17) is 0 Å².